The first kappa shape index (κ1) is 27.0. The van der Waals surface area contributed by atoms with Crippen molar-refractivity contribution in [1.29, 1.82) is 0 Å². The summed E-state index contributed by atoms with van der Waals surface area (Å²) < 4.78 is 30.0. The lowest BCUT2D eigenvalue weighted by molar-refractivity contribution is 0.0980. The van der Waals surface area contributed by atoms with E-state index in [1.165, 1.54) is 11.0 Å². The van der Waals surface area contributed by atoms with Gasteiger partial charge in [0.1, 0.15) is 4.90 Å². The molecule has 5 rings (SSSR count). The number of benzene rings is 2. The van der Waals surface area contributed by atoms with E-state index in [9.17, 15) is 18.0 Å². The van der Waals surface area contributed by atoms with Crippen LogP contribution in [0.2, 0.25) is 0 Å². The number of ether oxygens (including phenoxy) is 1. The second-order valence-corrected chi connectivity index (χ2v) is 12.8. The summed E-state index contributed by atoms with van der Waals surface area (Å²) in [6.45, 7) is 2.28. The Kier molecular flexibility index (Phi) is 7.23. The summed E-state index contributed by atoms with van der Waals surface area (Å²) >= 11 is 17.6. The van der Waals surface area contributed by atoms with Crippen LogP contribution < -0.4 is 14.9 Å². The Bertz CT molecular complexity index is 1530. The van der Waals surface area contributed by atoms with Crippen LogP contribution in [0.5, 0.6) is 0 Å². The summed E-state index contributed by atoms with van der Waals surface area (Å²) in [6.07, 6.45) is 0. The number of halogens is 3. The van der Waals surface area contributed by atoms with E-state index in [-0.39, 0.29) is 29.2 Å². The van der Waals surface area contributed by atoms with Gasteiger partial charge in [0.05, 0.1) is 37.7 Å². The summed E-state index contributed by atoms with van der Waals surface area (Å²) in [7, 11) is -4.14. The number of nitrogens with zero attached hydrogens (tertiary/aromatic N) is 3. The average Bonchev–Trinajstić information content (AvgIpc) is 3.19. The standard InChI is InChI=1S/C25H23Cl3N4O5S/c26-25(27,28)23(33)21-8-6-18-15-32(19-4-2-1-3-17(19)14-31(18)21)24(34)16-5-7-20(22(13-16)38(29,35)36)30-9-11-37-12-10-30/h1-8,13H,9-12,14-15H2,(H2,29,35,36). The van der Waals surface area contributed by atoms with Crippen LogP contribution in [-0.4, -0.2) is 54.8 Å². The number of primary sulfonamides is 1. The molecule has 1 fully saturated rings. The maximum Gasteiger partial charge on any atom is 0.258 e. The Balaban J connectivity index is 1.57. The minimum atomic E-state index is -4.14. The van der Waals surface area contributed by atoms with Crippen molar-refractivity contribution in [3.63, 3.8) is 0 Å². The van der Waals surface area contributed by atoms with Crippen molar-refractivity contribution < 1.29 is 22.7 Å². The zero-order chi connectivity index (χ0) is 27.2. The van der Waals surface area contributed by atoms with Crippen molar-refractivity contribution in [2.24, 2.45) is 5.14 Å². The maximum atomic E-state index is 13.9. The minimum absolute atomic E-state index is 0.0961. The molecule has 3 aromatic rings. The van der Waals surface area contributed by atoms with E-state index >= 15 is 0 Å². The number of anilines is 2. The lowest BCUT2D eigenvalue weighted by Crippen LogP contribution is -2.37. The smallest absolute Gasteiger partial charge is 0.258 e. The third-order valence-corrected chi connectivity index (χ3v) is 8.06. The van der Waals surface area contributed by atoms with Crippen LogP contribution in [0, 0.1) is 0 Å². The van der Waals surface area contributed by atoms with Gasteiger partial charge in [0.2, 0.25) is 15.8 Å². The molecule has 3 heterocycles. The molecule has 0 spiro atoms. The number of Topliss-reactive ketones (excluding diaryl/α,β-unsaturated/α-hetero) is 1. The van der Waals surface area contributed by atoms with Crippen LogP contribution in [0.4, 0.5) is 11.4 Å². The molecular weight excluding hydrogens is 575 g/mol. The Labute approximate surface area is 234 Å². The van der Waals surface area contributed by atoms with Crippen molar-refractivity contribution in [2.45, 2.75) is 21.8 Å². The Hall–Kier alpha value is -2.60. The second-order valence-electron chi connectivity index (χ2n) is 8.97. The number of aromatic nitrogens is 1. The predicted molar refractivity (Wildman–Crippen MR) is 146 cm³/mol. The summed E-state index contributed by atoms with van der Waals surface area (Å²) in [5, 5.41) is 5.56. The van der Waals surface area contributed by atoms with E-state index in [1.54, 1.807) is 41.0 Å². The zero-order valence-electron chi connectivity index (χ0n) is 19.9. The number of ketones is 1. The number of alkyl halides is 3. The van der Waals surface area contributed by atoms with E-state index in [0.29, 0.717) is 43.4 Å². The first-order valence-corrected chi connectivity index (χ1v) is 14.3. The predicted octanol–water partition coefficient (Wildman–Crippen LogP) is 3.73. The van der Waals surface area contributed by atoms with Gasteiger partial charge in [-0.05, 0) is 42.0 Å². The summed E-state index contributed by atoms with van der Waals surface area (Å²) in [5.74, 6) is -1.11. The number of para-hydroxylation sites is 1. The van der Waals surface area contributed by atoms with Gasteiger partial charge < -0.3 is 19.1 Å². The molecule has 0 radical (unpaired) electrons. The monoisotopic (exact) mass is 596 g/mol. The molecule has 2 aliphatic rings. The SMILES string of the molecule is NS(=O)(=O)c1cc(C(=O)N2Cc3ccc(C(=O)C(Cl)(Cl)Cl)n3Cc3ccccc32)ccc1N1CCOCC1. The molecule has 1 aromatic heterocycles. The lowest BCUT2D eigenvalue weighted by Gasteiger charge is -2.30. The van der Waals surface area contributed by atoms with Gasteiger partial charge in [-0.15, -0.1) is 0 Å². The molecule has 200 valence electrons. The van der Waals surface area contributed by atoms with E-state index in [2.05, 4.69) is 0 Å². The van der Waals surface area contributed by atoms with Crippen LogP contribution >= 0.6 is 34.8 Å². The van der Waals surface area contributed by atoms with Gasteiger partial charge >= 0.3 is 0 Å². The van der Waals surface area contributed by atoms with Gasteiger partial charge in [-0.25, -0.2) is 13.6 Å². The Morgan fingerprint density at radius 2 is 1.63 bits per heavy atom. The fourth-order valence-electron chi connectivity index (χ4n) is 4.78. The first-order chi connectivity index (χ1) is 17.9. The van der Waals surface area contributed by atoms with E-state index in [4.69, 9.17) is 44.7 Å². The Morgan fingerprint density at radius 3 is 2.32 bits per heavy atom. The fourth-order valence-corrected chi connectivity index (χ4v) is 5.85. The quantitative estimate of drug-likeness (QED) is 0.362. The van der Waals surface area contributed by atoms with Gasteiger partial charge in [0.25, 0.3) is 9.70 Å². The molecule has 0 unspecified atom stereocenters. The third kappa shape index (κ3) is 5.16. The van der Waals surface area contributed by atoms with Crippen LogP contribution in [-0.2, 0) is 27.8 Å². The maximum absolute atomic E-state index is 13.9. The highest BCUT2D eigenvalue weighted by atomic mass is 35.6. The van der Waals surface area contributed by atoms with Gasteiger partial charge in [0, 0.05) is 30.0 Å². The molecule has 0 atom stereocenters. The lowest BCUT2D eigenvalue weighted by atomic mass is 10.1. The highest BCUT2D eigenvalue weighted by Crippen LogP contribution is 2.35. The number of amides is 1. The molecule has 38 heavy (non-hydrogen) atoms. The van der Waals surface area contributed by atoms with Gasteiger partial charge in [-0.2, -0.15) is 0 Å². The largest absolute Gasteiger partial charge is 0.378 e. The normalized spacial score (nSPS) is 16.0. The average molecular weight is 598 g/mol. The molecule has 2 aliphatic heterocycles. The van der Waals surface area contributed by atoms with Crippen molar-refractivity contribution in [2.75, 3.05) is 36.1 Å². The number of sulfonamides is 1. The second kappa shape index (κ2) is 10.2. The van der Waals surface area contributed by atoms with E-state index < -0.39 is 25.5 Å². The zero-order valence-corrected chi connectivity index (χ0v) is 23.0. The number of hydrogen-bond acceptors (Lipinski definition) is 6. The molecule has 2 N–H and O–H groups in total. The van der Waals surface area contributed by atoms with Crippen molar-refractivity contribution in [3.05, 3.63) is 77.1 Å². The highest BCUT2D eigenvalue weighted by Gasteiger charge is 2.36. The molecular formula is C25H23Cl3N4O5S. The van der Waals surface area contributed by atoms with Crippen molar-refractivity contribution >= 4 is 67.9 Å². The molecule has 2 aromatic carbocycles. The Morgan fingerprint density at radius 1 is 0.921 bits per heavy atom. The topological polar surface area (TPSA) is 115 Å². The molecule has 1 saturated heterocycles. The summed E-state index contributed by atoms with van der Waals surface area (Å²) in [5.41, 5.74) is 2.79. The van der Waals surface area contributed by atoms with Crippen molar-refractivity contribution in [3.8, 4) is 0 Å². The molecule has 13 heteroatoms. The number of carbonyl (C=O) groups is 2. The van der Waals surface area contributed by atoms with Crippen LogP contribution in [0.25, 0.3) is 0 Å². The highest BCUT2D eigenvalue weighted by molar-refractivity contribution is 7.89. The molecule has 0 saturated carbocycles. The molecule has 0 aliphatic carbocycles. The molecule has 0 bridgehead atoms. The van der Waals surface area contributed by atoms with Crippen LogP contribution in [0.1, 0.15) is 32.1 Å². The van der Waals surface area contributed by atoms with E-state index in [0.717, 1.165) is 5.56 Å². The fraction of sp³-hybridized carbons (Fsp3) is 0.280. The first-order valence-electron chi connectivity index (χ1n) is 11.6. The number of hydrogen-bond donors (Lipinski definition) is 1. The van der Waals surface area contributed by atoms with E-state index in [1.807, 2.05) is 17.0 Å². The van der Waals surface area contributed by atoms with Gasteiger partial charge in [0.15, 0.2) is 0 Å². The minimum Gasteiger partial charge on any atom is -0.378 e. The third-order valence-electron chi connectivity index (χ3n) is 6.60. The number of carbonyl (C=O) groups excluding carboxylic acids is 2. The van der Waals surface area contributed by atoms with Crippen LogP contribution in [0.15, 0.2) is 59.5 Å². The number of fused-ring (bicyclic) bond motifs is 2. The van der Waals surface area contributed by atoms with Crippen molar-refractivity contribution in [1.82, 2.24) is 4.57 Å². The number of nitrogens with two attached hydrogens (primary N) is 1. The number of rotatable bonds is 4. The molecule has 9 nitrogen and oxygen atoms in total. The molecule has 1 amide bonds. The van der Waals surface area contributed by atoms with Gasteiger partial charge in [-0.3, -0.25) is 9.59 Å². The number of morpholine rings is 1. The van der Waals surface area contributed by atoms with Gasteiger partial charge in [-0.1, -0.05) is 53.0 Å². The van der Waals surface area contributed by atoms with Crippen LogP contribution in [0.3, 0.4) is 0 Å². The summed E-state index contributed by atoms with van der Waals surface area (Å²) in [4.78, 5) is 30.0. The summed E-state index contributed by atoms with van der Waals surface area (Å²) in [6, 6.07) is 15.0.